The number of carbonyl (C=O) groups excluding carboxylic acids is 1. The monoisotopic (exact) mass is 483 g/mol. The van der Waals surface area contributed by atoms with Crippen molar-refractivity contribution in [3.8, 4) is 0 Å². The summed E-state index contributed by atoms with van der Waals surface area (Å²) >= 11 is 0. The van der Waals surface area contributed by atoms with E-state index in [1.807, 2.05) is 20.8 Å². The van der Waals surface area contributed by atoms with Gasteiger partial charge in [-0.05, 0) is 59.5 Å². The van der Waals surface area contributed by atoms with Crippen LogP contribution in [0.25, 0.3) is 0 Å². The molecule has 1 heterocycles. The fourth-order valence-corrected chi connectivity index (χ4v) is 2.71. The maximum absolute atomic E-state index is 11.6. The molecule has 1 fully saturated rings. The maximum Gasteiger partial charge on any atom is 0.407 e. The molecule has 1 unspecified atom stereocenters. The normalized spacial score (nSPS) is 18.2. The third-order valence-electron chi connectivity index (χ3n) is 3.98. The highest BCUT2D eigenvalue weighted by molar-refractivity contribution is 14.0. The SMILES string of the molecule is CCNC(=NCC1CCN(CC)C1)NCCCNC(=O)OC(C)(C)C.I. The third-order valence-corrected chi connectivity index (χ3v) is 3.98. The summed E-state index contributed by atoms with van der Waals surface area (Å²) < 4.78 is 5.21. The van der Waals surface area contributed by atoms with Crippen molar-refractivity contribution < 1.29 is 9.53 Å². The Morgan fingerprint density at radius 2 is 1.88 bits per heavy atom. The van der Waals surface area contributed by atoms with Crippen LogP contribution in [0.1, 0.15) is 47.5 Å². The van der Waals surface area contributed by atoms with Crippen LogP contribution in [-0.2, 0) is 4.74 Å². The predicted octanol–water partition coefficient (Wildman–Crippen LogP) is 2.42. The number of nitrogens with one attached hydrogen (secondary N) is 3. The Hall–Kier alpha value is -0.770. The lowest BCUT2D eigenvalue weighted by molar-refractivity contribution is 0.0527. The average Bonchev–Trinajstić information content (AvgIpc) is 2.98. The van der Waals surface area contributed by atoms with Gasteiger partial charge in [0, 0.05) is 32.7 Å². The summed E-state index contributed by atoms with van der Waals surface area (Å²) in [6.07, 6.45) is 1.68. The van der Waals surface area contributed by atoms with E-state index in [4.69, 9.17) is 9.73 Å². The highest BCUT2D eigenvalue weighted by Crippen LogP contribution is 2.15. The molecule has 1 saturated heterocycles. The number of hydrogen-bond donors (Lipinski definition) is 3. The molecular formula is C18H38IN5O2. The van der Waals surface area contributed by atoms with E-state index in [1.165, 1.54) is 13.0 Å². The van der Waals surface area contributed by atoms with Crippen LogP contribution in [0, 0.1) is 5.92 Å². The highest BCUT2D eigenvalue weighted by Gasteiger charge is 2.20. The van der Waals surface area contributed by atoms with Gasteiger partial charge in [-0.3, -0.25) is 4.99 Å². The second kappa shape index (κ2) is 13.4. The first kappa shape index (κ1) is 25.2. The van der Waals surface area contributed by atoms with Gasteiger partial charge in [0.2, 0.25) is 0 Å². The largest absolute Gasteiger partial charge is 0.444 e. The molecule has 0 bridgehead atoms. The fourth-order valence-electron chi connectivity index (χ4n) is 2.71. The number of hydrogen-bond acceptors (Lipinski definition) is 4. The van der Waals surface area contributed by atoms with E-state index in [2.05, 4.69) is 34.7 Å². The molecule has 0 aromatic heterocycles. The number of ether oxygens (including phenoxy) is 1. The number of rotatable bonds is 8. The standard InChI is InChI=1S/C18H37N5O2.HI/c1-6-19-16(22-13-15-9-12-23(7-2)14-15)20-10-8-11-21-17(24)25-18(3,4)5;/h15H,6-14H2,1-5H3,(H,21,24)(H2,19,20,22);1H. The van der Waals surface area contributed by atoms with Gasteiger partial charge in [0.15, 0.2) is 5.96 Å². The quantitative estimate of drug-likeness (QED) is 0.214. The highest BCUT2D eigenvalue weighted by atomic mass is 127. The van der Waals surface area contributed by atoms with Gasteiger partial charge in [-0.1, -0.05) is 6.92 Å². The van der Waals surface area contributed by atoms with Crippen LogP contribution in [0.15, 0.2) is 4.99 Å². The summed E-state index contributed by atoms with van der Waals surface area (Å²) in [5.74, 6) is 1.51. The van der Waals surface area contributed by atoms with Crippen LogP contribution in [-0.4, -0.2) is 68.4 Å². The second-order valence-corrected chi connectivity index (χ2v) is 7.48. The van der Waals surface area contributed by atoms with E-state index in [-0.39, 0.29) is 30.1 Å². The first-order valence-electron chi connectivity index (χ1n) is 9.55. The van der Waals surface area contributed by atoms with Crippen LogP contribution < -0.4 is 16.0 Å². The van der Waals surface area contributed by atoms with Crippen LogP contribution in [0.4, 0.5) is 4.79 Å². The minimum atomic E-state index is -0.458. The van der Waals surface area contributed by atoms with E-state index in [1.54, 1.807) is 0 Å². The van der Waals surface area contributed by atoms with Crippen LogP contribution in [0.5, 0.6) is 0 Å². The van der Waals surface area contributed by atoms with Crippen molar-refractivity contribution in [3.05, 3.63) is 0 Å². The number of aliphatic imine (C=N–C) groups is 1. The molecule has 1 amide bonds. The van der Waals surface area contributed by atoms with Crippen molar-refractivity contribution in [3.63, 3.8) is 0 Å². The fraction of sp³-hybridized carbons (Fsp3) is 0.889. The minimum Gasteiger partial charge on any atom is -0.444 e. The minimum absolute atomic E-state index is 0. The third kappa shape index (κ3) is 11.8. The zero-order valence-electron chi connectivity index (χ0n) is 17.1. The van der Waals surface area contributed by atoms with Crippen LogP contribution in [0.2, 0.25) is 0 Å². The van der Waals surface area contributed by atoms with E-state index in [0.29, 0.717) is 12.5 Å². The van der Waals surface area contributed by atoms with Crippen LogP contribution >= 0.6 is 24.0 Å². The molecule has 1 atom stereocenters. The lowest BCUT2D eigenvalue weighted by Crippen LogP contribution is -2.39. The van der Waals surface area contributed by atoms with Gasteiger partial charge in [-0.25, -0.2) is 4.79 Å². The Bertz CT molecular complexity index is 426. The lowest BCUT2D eigenvalue weighted by atomic mass is 10.1. The Morgan fingerprint density at radius 3 is 2.46 bits per heavy atom. The second-order valence-electron chi connectivity index (χ2n) is 7.48. The molecule has 154 valence electrons. The molecule has 8 heteroatoms. The van der Waals surface area contributed by atoms with Crippen molar-refractivity contribution in [2.24, 2.45) is 10.9 Å². The molecule has 0 radical (unpaired) electrons. The van der Waals surface area contributed by atoms with Crippen molar-refractivity contribution in [1.82, 2.24) is 20.9 Å². The maximum atomic E-state index is 11.6. The van der Waals surface area contributed by atoms with Crippen molar-refractivity contribution in [1.29, 1.82) is 0 Å². The van der Waals surface area contributed by atoms with Gasteiger partial charge in [0.05, 0.1) is 0 Å². The van der Waals surface area contributed by atoms with Gasteiger partial charge in [0.1, 0.15) is 5.60 Å². The average molecular weight is 483 g/mol. The number of likely N-dealkylation sites (tertiary alicyclic amines) is 1. The van der Waals surface area contributed by atoms with E-state index >= 15 is 0 Å². The van der Waals surface area contributed by atoms with Gasteiger partial charge in [-0.15, -0.1) is 24.0 Å². The summed E-state index contributed by atoms with van der Waals surface area (Å²) in [6.45, 7) is 16.4. The van der Waals surface area contributed by atoms with Crippen molar-refractivity contribution >= 4 is 36.0 Å². The molecule has 26 heavy (non-hydrogen) atoms. The van der Waals surface area contributed by atoms with E-state index < -0.39 is 5.60 Å². The number of guanidine groups is 1. The Labute approximate surface area is 176 Å². The molecule has 1 aliphatic rings. The summed E-state index contributed by atoms with van der Waals surface area (Å²) in [4.78, 5) is 18.7. The Kier molecular flexibility index (Phi) is 13.0. The van der Waals surface area contributed by atoms with Crippen molar-refractivity contribution in [2.45, 2.75) is 53.1 Å². The van der Waals surface area contributed by atoms with Crippen LogP contribution in [0.3, 0.4) is 0 Å². The first-order valence-corrected chi connectivity index (χ1v) is 9.55. The van der Waals surface area contributed by atoms with E-state index in [0.717, 1.165) is 45.1 Å². The summed E-state index contributed by atoms with van der Waals surface area (Å²) in [5, 5.41) is 9.37. The van der Waals surface area contributed by atoms with Gasteiger partial charge in [-0.2, -0.15) is 0 Å². The Balaban J connectivity index is 0.00000625. The van der Waals surface area contributed by atoms with E-state index in [9.17, 15) is 4.79 Å². The number of alkyl carbamates (subject to hydrolysis) is 1. The summed E-state index contributed by atoms with van der Waals surface area (Å²) in [6, 6.07) is 0. The molecular weight excluding hydrogens is 445 g/mol. The number of carbonyl (C=O) groups is 1. The molecule has 7 nitrogen and oxygen atoms in total. The molecule has 0 aromatic rings. The Morgan fingerprint density at radius 1 is 1.19 bits per heavy atom. The number of amides is 1. The van der Waals surface area contributed by atoms with Gasteiger partial charge < -0.3 is 25.6 Å². The molecule has 3 N–H and O–H groups in total. The molecule has 1 aliphatic heterocycles. The number of nitrogens with zero attached hydrogens (tertiary/aromatic N) is 2. The molecule has 0 spiro atoms. The van der Waals surface area contributed by atoms with Gasteiger partial charge >= 0.3 is 6.09 Å². The summed E-state index contributed by atoms with van der Waals surface area (Å²) in [7, 11) is 0. The van der Waals surface area contributed by atoms with Gasteiger partial charge in [0.25, 0.3) is 0 Å². The zero-order chi connectivity index (χ0) is 18.7. The number of halogens is 1. The summed E-state index contributed by atoms with van der Waals surface area (Å²) in [5.41, 5.74) is -0.458. The molecule has 0 saturated carbocycles. The predicted molar refractivity (Wildman–Crippen MR) is 118 cm³/mol. The topological polar surface area (TPSA) is 78.0 Å². The van der Waals surface area contributed by atoms with Crippen molar-refractivity contribution in [2.75, 3.05) is 45.8 Å². The zero-order valence-corrected chi connectivity index (χ0v) is 19.4. The molecule has 0 aliphatic carbocycles. The molecule has 1 rings (SSSR count). The lowest BCUT2D eigenvalue weighted by Gasteiger charge is -2.19. The first-order chi connectivity index (χ1) is 11.8. The smallest absolute Gasteiger partial charge is 0.407 e. The molecule has 0 aromatic carbocycles.